The third-order valence-corrected chi connectivity index (χ3v) is 6.03. The maximum absolute atomic E-state index is 6.41. The molecule has 0 bridgehead atoms. The molecule has 0 amide bonds. The average Bonchev–Trinajstić information content (AvgIpc) is 2.65. The van der Waals surface area contributed by atoms with Gasteiger partial charge in [-0.2, -0.15) is 0 Å². The Kier molecular flexibility index (Phi) is 7.39. The highest BCUT2D eigenvalue weighted by molar-refractivity contribution is 6.31. The molecule has 3 rings (SSSR count). The normalized spacial score (nSPS) is 17.3. The topological polar surface area (TPSA) is 15.3 Å². The van der Waals surface area contributed by atoms with Gasteiger partial charge in [0, 0.05) is 16.1 Å². The predicted octanol–water partition coefficient (Wildman–Crippen LogP) is 5.39. The van der Waals surface area contributed by atoms with Gasteiger partial charge in [0.25, 0.3) is 0 Å². The van der Waals surface area contributed by atoms with Crippen LogP contribution in [0.3, 0.4) is 0 Å². The van der Waals surface area contributed by atoms with Gasteiger partial charge >= 0.3 is 0 Å². The molecule has 0 spiro atoms. The Bertz CT molecular complexity index is 679. The predicted molar refractivity (Wildman–Crippen MR) is 112 cm³/mol. The zero-order chi connectivity index (χ0) is 18.4. The van der Waals surface area contributed by atoms with Crippen molar-refractivity contribution in [2.24, 2.45) is 0 Å². The fraction of sp³-hybridized carbons (Fsp3) is 0.455. The number of piperidine rings is 1. The Morgan fingerprint density at radius 1 is 1.04 bits per heavy atom. The van der Waals surface area contributed by atoms with Crippen molar-refractivity contribution in [1.29, 1.82) is 0 Å². The minimum atomic E-state index is 0.436. The zero-order valence-corrected chi connectivity index (χ0v) is 16.9. The van der Waals surface area contributed by atoms with Gasteiger partial charge in [-0.05, 0) is 87.6 Å². The van der Waals surface area contributed by atoms with Gasteiger partial charge in [0.2, 0.25) is 0 Å². The molecule has 1 fully saturated rings. The molecular weight excluding hydrogens is 363 g/mol. The van der Waals surface area contributed by atoms with Crippen molar-refractivity contribution in [3.8, 4) is 0 Å². The first-order valence-electron chi connectivity index (χ1n) is 9.52. The van der Waals surface area contributed by atoms with Crippen molar-refractivity contribution in [2.75, 3.05) is 26.7 Å². The van der Waals surface area contributed by atoms with Gasteiger partial charge in [0.05, 0.1) is 0 Å². The van der Waals surface area contributed by atoms with Crippen LogP contribution < -0.4 is 5.32 Å². The van der Waals surface area contributed by atoms with Gasteiger partial charge in [-0.25, -0.2) is 0 Å². The summed E-state index contributed by atoms with van der Waals surface area (Å²) in [5.74, 6) is 0.436. The highest BCUT2D eigenvalue weighted by atomic mass is 35.5. The summed E-state index contributed by atoms with van der Waals surface area (Å²) in [6.07, 6.45) is 4.54. The van der Waals surface area contributed by atoms with Crippen LogP contribution in [0.15, 0.2) is 48.5 Å². The summed E-state index contributed by atoms with van der Waals surface area (Å²) in [6.45, 7) is 3.42. The molecule has 4 heteroatoms. The van der Waals surface area contributed by atoms with E-state index in [1.807, 2.05) is 24.3 Å². The third-order valence-electron chi connectivity index (χ3n) is 5.41. The molecule has 1 heterocycles. The lowest BCUT2D eigenvalue weighted by atomic mass is 9.89. The van der Waals surface area contributed by atoms with Crippen LogP contribution in [0.4, 0.5) is 0 Å². The van der Waals surface area contributed by atoms with Gasteiger partial charge in [0.1, 0.15) is 0 Å². The van der Waals surface area contributed by atoms with E-state index in [0.29, 0.717) is 12.0 Å². The summed E-state index contributed by atoms with van der Waals surface area (Å²) >= 11 is 12.5. The molecule has 0 unspecified atom stereocenters. The second kappa shape index (κ2) is 9.75. The van der Waals surface area contributed by atoms with Crippen LogP contribution in [0.5, 0.6) is 0 Å². The van der Waals surface area contributed by atoms with Crippen LogP contribution in [-0.2, 0) is 6.42 Å². The molecule has 0 aliphatic carbocycles. The smallest absolute Gasteiger partial charge is 0.0438 e. The van der Waals surface area contributed by atoms with Gasteiger partial charge in [-0.3, -0.25) is 0 Å². The Morgan fingerprint density at radius 3 is 2.42 bits per heavy atom. The van der Waals surface area contributed by atoms with Gasteiger partial charge in [-0.15, -0.1) is 0 Å². The van der Waals surface area contributed by atoms with Crippen molar-refractivity contribution < 1.29 is 0 Å². The number of nitrogens with one attached hydrogen (secondary N) is 1. The minimum absolute atomic E-state index is 0.436. The molecule has 140 valence electrons. The van der Waals surface area contributed by atoms with Crippen LogP contribution in [0, 0.1) is 0 Å². The van der Waals surface area contributed by atoms with Crippen LogP contribution in [0.25, 0.3) is 0 Å². The number of likely N-dealkylation sites (tertiary alicyclic amines) is 1. The molecule has 2 aromatic carbocycles. The van der Waals surface area contributed by atoms with Crippen molar-refractivity contribution in [1.82, 2.24) is 10.2 Å². The molecule has 0 radical (unpaired) electrons. The Hall–Kier alpha value is -1.06. The second-order valence-corrected chi connectivity index (χ2v) is 8.21. The van der Waals surface area contributed by atoms with Crippen molar-refractivity contribution in [3.63, 3.8) is 0 Å². The maximum Gasteiger partial charge on any atom is 0.0438 e. The van der Waals surface area contributed by atoms with Crippen molar-refractivity contribution >= 4 is 23.2 Å². The van der Waals surface area contributed by atoms with E-state index in [9.17, 15) is 0 Å². The molecular formula is C22H28Cl2N2. The molecule has 0 saturated carbocycles. The summed E-state index contributed by atoms with van der Waals surface area (Å²) in [5.41, 5.74) is 2.55. The van der Waals surface area contributed by atoms with Crippen LogP contribution in [0.2, 0.25) is 10.0 Å². The van der Waals surface area contributed by atoms with E-state index in [0.717, 1.165) is 29.4 Å². The molecule has 2 nitrogen and oxygen atoms in total. The molecule has 0 aromatic heterocycles. The Balaban J connectivity index is 1.63. The van der Waals surface area contributed by atoms with Crippen molar-refractivity contribution in [3.05, 3.63) is 69.7 Å². The molecule has 1 saturated heterocycles. The number of rotatable bonds is 7. The highest BCUT2D eigenvalue weighted by Gasteiger charge is 2.18. The number of benzene rings is 2. The number of halogens is 2. The summed E-state index contributed by atoms with van der Waals surface area (Å²) in [5, 5.41) is 5.41. The summed E-state index contributed by atoms with van der Waals surface area (Å²) < 4.78 is 0. The van der Waals surface area contributed by atoms with E-state index in [2.05, 4.69) is 41.5 Å². The first kappa shape index (κ1) is 19.7. The molecule has 1 N–H and O–H groups in total. The SMILES string of the molecule is CN1CCC(NCC[C@H](Cc2ccccc2Cl)c2ccc(Cl)cc2)CC1. The third kappa shape index (κ3) is 5.72. The molecule has 1 aliphatic rings. The summed E-state index contributed by atoms with van der Waals surface area (Å²) in [7, 11) is 2.20. The summed E-state index contributed by atoms with van der Waals surface area (Å²) in [6, 6.07) is 17.1. The minimum Gasteiger partial charge on any atom is -0.314 e. The van der Waals surface area contributed by atoms with E-state index in [4.69, 9.17) is 23.2 Å². The average molecular weight is 391 g/mol. The van der Waals surface area contributed by atoms with E-state index >= 15 is 0 Å². The summed E-state index contributed by atoms with van der Waals surface area (Å²) in [4.78, 5) is 2.41. The second-order valence-electron chi connectivity index (χ2n) is 7.36. The van der Waals surface area contributed by atoms with Crippen LogP contribution >= 0.6 is 23.2 Å². The van der Waals surface area contributed by atoms with Crippen LogP contribution in [0.1, 0.15) is 36.3 Å². The quantitative estimate of drug-likeness (QED) is 0.681. The monoisotopic (exact) mass is 390 g/mol. The fourth-order valence-corrected chi connectivity index (χ4v) is 4.06. The van der Waals surface area contributed by atoms with Gasteiger partial charge in [-0.1, -0.05) is 53.5 Å². The highest BCUT2D eigenvalue weighted by Crippen LogP contribution is 2.28. The van der Waals surface area contributed by atoms with Crippen LogP contribution in [-0.4, -0.2) is 37.6 Å². The zero-order valence-electron chi connectivity index (χ0n) is 15.4. The lowest BCUT2D eigenvalue weighted by Crippen LogP contribution is -2.41. The fourth-order valence-electron chi connectivity index (χ4n) is 3.73. The van der Waals surface area contributed by atoms with E-state index < -0.39 is 0 Å². The number of hydrogen-bond acceptors (Lipinski definition) is 2. The molecule has 2 aromatic rings. The lowest BCUT2D eigenvalue weighted by molar-refractivity contribution is 0.234. The maximum atomic E-state index is 6.41. The van der Waals surface area contributed by atoms with Gasteiger partial charge < -0.3 is 10.2 Å². The Morgan fingerprint density at radius 2 is 1.73 bits per heavy atom. The van der Waals surface area contributed by atoms with Gasteiger partial charge in [0.15, 0.2) is 0 Å². The largest absolute Gasteiger partial charge is 0.314 e. The van der Waals surface area contributed by atoms with E-state index in [-0.39, 0.29) is 0 Å². The Labute approximate surface area is 167 Å². The number of nitrogens with zero attached hydrogens (tertiary/aromatic N) is 1. The standard InChI is InChI=1S/C22H28Cl2N2/c1-26-14-11-21(12-15-26)25-13-10-18(17-6-8-20(23)9-7-17)16-19-4-2-3-5-22(19)24/h2-9,18,21,25H,10-16H2,1H3/t18-/m1/s1. The van der Waals surface area contributed by atoms with Crippen molar-refractivity contribution in [2.45, 2.75) is 37.6 Å². The first-order valence-corrected chi connectivity index (χ1v) is 10.3. The number of hydrogen-bond donors (Lipinski definition) is 1. The van der Waals surface area contributed by atoms with E-state index in [1.54, 1.807) is 0 Å². The first-order chi connectivity index (χ1) is 12.6. The lowest BCUT2D eigenvalue weighted by Gasteiger charge is -2.30. The van der Waals surface area contributed by atoms with E-state index in [1.165, 1.54) is 37.1 Å². The molecule has 1 aliphatic heterocycles. The molecule has 26 heavy (non-hydrogen) atoms. The molecule has 1 atom stereocenters.